The molecule has 0 N–H and O–H groups in total. The van der Waals surface area contributed by atoms with Gasteiger partial charge in [-0.15, -0.1) is 0 Å². The van der Waals surface area contributed by atoms with Crippen LogP contribution in [0.1, 0.15) is 52.4 Å². The van der Waals surface area contributed by atoms with Crippen LogP contribution in [0.3, 0.4) is 0 Å². The van der Waals surface area contributed by atoms with Crippen LogP contribution in [-0.2, 0) is 9.53 Å². The Kier molecular flexibility index (Phi) is 3.91. The largest absolute Gasteiger partial charge is 0.359 e. The van der Waals surface area contributed by atoms with Crippen molar-refractivity contribution in [2.24, 2.45) is 0 Å². The number of unbranched alkanes of at least 4 members (excludes halogenated alkanes) is 2. The van der Waals surface area contributed by atoms with Gasteiger partial charge in [0.25, 0.3) is 0 Å². The summed E-state index contributed by atoms with van der Waals surface area (Å²) in [5.74, 6) is 0.328. The second-order valence-electron chi connectivity index (χ2n) is 3.91. The Balaban J connectivity index is 2.39. The van der Waals surface area contributed by atoms with Crippen LogP contribution in [0.15, 0.2) is 0 Å². The molecule has 0 aromatic rings. The standard InChI is InChI=1S/C11H20O2/c1-3-5-7-11(8-6-4-2)10(12)9-13-11/h3-9H2,1-2H3. The maximum absolute atomic E-state index is 11.4. The summed E-state index contributed by atoms with van der Waals surface area (Å²) in [5.41, 5.74) is -0.355. The van der Waals surface area contributed by atoms with Gasteiger partial charge in [0.05, 0.1) is 0 Å². The number of ether oxygens (including phenoxy) is 1. The minimum Gasteiger partial charge on any atom is -0.359 e. The number of Topliss-reactive ketones (excluding diaryl/α,β-unsaturated/α-hetero) is 1. The number of carbonyl (C=O) groups is 1. The van der Waals surface area contributed by atoms with Crippen molar-refractivity contribution in [3.05, 3.63) is 0 Å². The molecule has 0 aliphatic carbocycles. The zero-order valence-electron chi connectivity index (χ0n) is 8.77. The molecule has 0 aromatic heterocycles. The first-order chi connectivity index (χ1) is 6.25. The summed E-state index contributed by atoms with van der Waals surface area (Å²) in [7, 11) is 0. The number of carbonyl (C=O) groups excluding carboxylic acids is 1. The third kappa shape index (κ3) is 2.31. The van der Waals surface area contributed by atoms with Crippen LogP contribution in [0, 0.1) is 0 Å². The van der Waals surface area contributed by atoms with Gasteiger partial charge >= 0.3 is 0 Å². The van der Waals surface area contributed by atoms with E-state index in [-0.39, 0.29) is 5.60 Å². The molecule has 2 heteroatoms. The molecular weight excluding hydrogens is 164 g/mol. The summed E-state index contributed by atoms with van der Waals surface area (Å²) in [5, 5.41) is 0. The van der Waals surface area contributed by atoms with Crippen molar-refractivity contribution in [1.29, 1.82) is 0 Å². The highest BCUT2D eigenvalue weighted by Gasteiger charge is 2.45. The average molecular weight is 184 g/mol. The Labute approximate surface area is 80.7 Å². The molecule has 1 rings (SSSR count). The van der Waals surface area contributed by atoms with Gasteiger partial charge < -0.3 is 4.74 Å². The van der Waals surface area contributed by atoms with E-state index < -0.39 is 0 Å². The summed E-state index contributed by atoms with van der Waals surface area (Å²) < 4.78 is 5.49. The normalized spacial score (nSPS) is 20.0. The van der Waals surface area contributed by atoms with Crippen LogP contribution in [0.25, 0.3) is 0 Å². The second-order valence-corrected chi connectivity index (χ2v) is 3.91. The summed E-state index contributed by atoms with van der Waals surface area (Å²) in [4.78, 5) is 11.4. The van der Waals surface area contributed by atoms with Crippen LogP contribution < -0.4 is 0 Å². The molecule has 0 radical (unpaired) electrons. The molecule has 0 saturated carbocycles. The van der Waals surface area contributed by atoms with E-state index in [4.69, 9.17) is 4.74 Å². The molecule has 2 nitrogen and oxygen atoms in total. The minimum atomic E-state index is -0.355. The van der Waals surface area contributed by atoms with E-state index in [0.717, 1.165) is 38.5 Å². The topological polar surface area (TPSA) is 26.3 Å². The number of rotatable bonds is 6. The van der Waals surface area contributed by atoms with Crippen molar-refractivity contribution in [2.45, 2.75) is 58.0 Å². The van der Waals surface area contributed by atoms with Crippen LogP contribution in [-0.4, -0.2) is 18.0 Å². The van der Waals surface area contributed by atoms with Crippen molar-refractivity contribution in [3.63, 3.8) is 0 Å². The lowest BCUT2D eigenvalue weighted by molar-refractivity contribution is -0.182. The Morgan fingerprint density at radius 1 is 1.23 bits per heavy atom. The van der Waals surface area contributed by atoms with E-state index in [9.17, 15) is 4.79 Å². The quantitative estimate of drug-likeness (QED) is 0.634. The molecule has 0 aromatic carbocycles. The summed E-state index contributed by atoms with van der Waals surface area (Å²) >= 11 is 0. The van der Waals surface area contributed by atoms with E-state index in [1.165, 1.54) is 0 Å². The molecule has 1 saturated heterocycles. The van der Waals surface area contributed by atoms with Crippen molar-refractivity contribution in [2.75, 3.05) is 6.61 Å². The van der Waals surface area contributed by atoms with Gasteiger partial charge in [-0.3, -0.25) is 4.79 Å². The summed E-state index contributed by atoms with van der Waals surface area (Å²) in [6.45, 7) is 4.65. The van der Waals surface area contributed by atoms with Crippen LogP contribution in [0.4, 0.5) is 0 Å². The van der Waals surface area contributed by atoms with Gasteiger partial charge in [0.1, 0.15) is 12.2 Å². The fourth-order valence-corrected chi connectivity index (χ4v) is 1.81. The highest BCUT2D eigenvalue weighted by atomic mass is 16.5. The molecule has 1 fully saturated rings. The SMILES string of the molecule is CCCCC1(CCCC)OCC1=O. The smallest absolute Gasteiger partial charge is 0.190 e. The molecule has 0 bridgehead atoms. The fraction of sp³-hybridized carbons (Fsp3) is 0.909. The monoisotopic (exact) mass is 184 g/mol. The van der Waals surface area contributed by atoms with Crippen molar-refractivity contribution >= 4 is 5.78 Å². The molecule has 0 atom stereocenters. The molecule has 1 aliphatic heterocycles. The van der Waals surface area contributed by atoms with Gasteiger partial charge in [-0.2, -0.15) is 0 Å². The van der Waals surface area contributed by atoms with Crippen LogP contribution >= 0.6 is 0 Å². The zero-order valence-corrected chi connectivity index (χ0v) is 8.77. The van der Waals surface area contributed by atoms with Gasteiger partial charge in [0, 0.05) is 0 Å². The van der Waals surface area contributed by atoms with E-state index in [1.807, 2.05) is 0 Å². The lowest BCUT2D eigenvalue weighted by atomic mass is 9.83. The van der Waals surface area contributed by atoms with E-state index >= 15 is 0 Å². The third-order valence-corrected chi connectivity index (χ3v) is 2.86. The molecule has 0 amide bonds. The molecular formula is C11H20O2. The molecule has 13 heavy (non-hydrogen) atoms. The molecule has 1 aliphatic rings. The Hall–Kier alpha value is -0.370. The fourth-order valence-electron chi connectivity index (χ4n) is 1.81. The third-order valence-electron chi connectivity index (χ3n) is 2.86. The number of ketones is 1. The maximum atomic E-state index is 11.4. The second kappa shape index (κ2) is 4.75. The first kappa shape index (κ1) is 10.7. The number of hydrogen-bond acceptors (Lipinski definition) is 2. The molecule has 0 unspecified atom stereocenters. The molecule has 1 heterocycles. The molecule has 76 valence electrons. The van der Waals surface area contributed by atoms with E-state index in [2.05, 4.69) is 13.8 Å². The predicted octanol–water partition coefficient (Wildman–Crippen LogP) is 2.70. The van der Waals surface area contributed by atoms with Gasteiger partial charge in [0.15, 0.2) is 5.78 Å². The van der Waals surface area contributed by atoms with Crippen molar-refractivity contribution in [1.82, 2.24) is 0 Å². The lowest BCUT2D eigenvalue weighted by Crippen LogP contribution is -2.54. The highest BCUT2D eigenvalue weighted by Crippen LogP contribution is 2.33. The first-order valence-electron chi connectivity index (χ1n) is 5.42. The average Bonchev–Trinajstić information content (AvgIpc) is 2.16. The van der Waals surface area contributed by atoms with Gasteiger partial charge in [-0.1, -0.05) is 39.5 Å². The molecule has 0 spiro atoms. The maximum Gasteiger partial charge on any atom is 0.190 e. The number of hydrogen-bond donors (Lipinski definition) is 0. The predicted molar refractivity (Wildman–Crippen MR) is 52.7 cm³/mol. The van der Waals surface area contributed by atoms with E-state index in [0.29, 0.717) is 12.4 Å². The van der Waals surface area contributed by atoms with Gasteiger partial charge in [-0.25, -0.2) is 0 Å². The van der Waals surface area contributed by atoms with Crippen molar-refractivity contribution in [3.8, 4) is 0 Å². The Morgan fingerprint density at radius 2 is 1.77 bits per heavy atom. The zero-order chi connectivity index (χ0) is 9.73. The minimum absolute atomic E-state index is 0.328. The van der Waals surface area contributed by atoms with Crippen LogP contribution in [0.5, 0.6) is 0 Å². The summed E-state index contributed by atoms with van der Waals surface area (Å²) in [6, 6.07) is 0. The van der Waals surface area contributed by atoms with Crippen molar-refractivity contribution < 1.29 is 9.53 Å². The van der Waals surface area contributed by atoms with Gasteiger partial charge in [0.2, 0.25) is 0 Å². The van der Waals surface area contributed by atoms with E-state index in [1.54, 1.807) is 0 Å². The lowest BCUT2D eigenvalue weighted by Gasteiger charge is -2.40. The highest BCUT2D eigenvalue weighted by molar-refractivity contribution is 5.92. The first-order valence-corrected chi connectivity index (χ1v) is 5.42. The Morgan fingerprint density at radius 3 is 2.00 bits per heavy atom. The summed E-state index contributed by atoms with van der Waals surface area (Å²) in [6.07, 6.45) is 6.37. The van der Waals surface area contributed by atoms with Crippen LogP contribution in [0.2, 0.25) is 0 Å². The Bertz CT molecular complexity index is 167. The van der Waals surface area contributed by atoms with Gasteiger partial charge in [-0.05, 0) is 12.8 Å².